The fraction of sp³-hybridized carbons (Fsp3) is 0.829. The summed E-state index contributed by atoms with van der Waals surface area (Å²) in [5, 5.41) is 0.830. The van der Waals surface area contributed by atoms with Gasteiger partial charge >= 0.3 is 0 Å². The molecule has 0 atom stereocenters. The van der Waals surface area contributed by atoms with E-state index in [0.717, 1.165) is 16.1 Å². The Bertz CT molecular complexity index is 652. The largest absolute Gasteiger partial charge is 0.328 e. The second-order valence-corrected chi connectivity index (χ2v) is 14.0. The minimum absolute atomic E-state index is 0.830. The third-order valence-electron chi connectivity index (χ3n) is 8.42. The Balaban J connectivity index is 1.89. The number of quaternary nitrogens is 2. The lowest BCUT2D eigenvalue weighted by molar-refractivity contribution is -0.903. The lowest BCUT2D eigenvalue weighted by Gasteiger charge is -2.30. The van der Waals surface area contributed by atoms with Crippen molar-refractivity contribution in [1.29, 1.82) is 0 Å². The van der Waals surface area contributed by atoms with Crippen LogP contribution < -0.4 is 0 Å². The predicted octanol–water partition coefficient (Wildman–Crippen LogP) is 10.8. The summed E-state index contributed by atoms with van der Waals surface area (Å²) in [6.45, 7) is 7.38. The van der Waals surface area contributed by atoms with E-state index in [4.69, 9.17) is 11.6 Å². The molecule has 0 unspecified atom stereocenters. The third kappa shape index (κ3) is 21.3. The summed E-state index contributed by atoms with van der Waals surface area (Å²) >= 11 is 6.02. The number of halogens is 1. The molecule has 1 aromatic carbocycles. The molecule has 0 saturated heterocycles. The average molecular weight is 551 g/mol. The first-order valence-corrected chi connectivity index (χ1v) is 17.0. The fourth-order valence-electron chi connectivity index (χ4n) is 5.80. The van der Waals surface area contributed by atoms with E-state index in [-0.39, 0.29) is 0 Å². The van der Waals surface area contributed by atoms with Gasteiger partial charge in [0.05, 0.1) is 47.8 Å². The molecular weight excluding hydrogens is 484 g/mol. The highest BCUT2D eigenvalue weighted by molar-refractivity contribution is 6.30. The van der Waals surface area contributed by atoms with Crippen molar-refractivity contribution in [2.24, 2.45) is 0 Å². The van der Waals surface area contributed by atoms with Crippen LogP contribution in [0.1, 0.15) is 141 Å². The first-order chi connectivity index (χ1) is 18.2. The monoisotopic (exact) mass is 550 g/mol. The summed E-state index contributed by atoms with van der Waals surface area (Å²) in [5.74, 6) is 0. The van der Waals surface area contributed by atoms with Crippen LogP contribution in [0.4, 0.5) is 0 Å². The molecule has 0 fully saturated rings. The number of nitrogens with zero attached hydrogens (tertiary/aromatic N) is 2. The van der Waals surface area contributed by atoms with Gasteiger partial charge in [-0.05, 0) is 50.7 Å². The summed E-state index contributed by atoms with van der Waals surface area (Å²) in [5.41, 5.74) is 1.38. The van der Waals surface area contributed by atoms with E-state index in [2.05, 4.69) is 47.2 Å². The van der Waals surface area contributed by atoms with Crippen LogP contribution in [0.25, 0.3) is 0 Å². The molecule has 0 aliphatic heterocycles. The summed E-state index contributed by atoms with van der Waals surface area (Å²) < 4.78 is 2.29. The quantitative estimate of drug-likeness (QED) is 0.0794. The van der Waals surface area contributed by atoms with Crippen molar-refractivity contribution < 1.29 is 8.97 Å². The number of rotatable bonds is 26. The van der Waals surface area contributed by atoms with E-state index in [9.17, 15) is 0 Å². The van der Waals surface area contributed by atoms with Gasteiger partial charge in [-0.25, -0.2) is 0 Å². The normalized spacial score (nSPS) is 12.4. The second kappa shape index (κ2) is 22.2. The highest BCUT2D eigenvalue weighted by Crippen LogP contribution is 2.17. The van der Waals surface area contributed by atoms with E-state index >= 15 is 0 Å². The Morgan fingerprint density at radius 2 is 0.763 bits per heavy atom. The van der Waals surface area contributed by atoms with E-state index < -0.39 is 0 Å². The molecule has 3 heteroatoms. The molecular formula is C35H67ClN2+2. The van der Waals surface area contributed by atoms with Gasteiger partial charge in [-0.2, -0.15) is 0 Å². The molecule has 1 aromatic rings. The van der Waals surface area contributed by atoms with Crippen molar-refractivity contribution in [3.05, 3.63) is 34.9 Å². The van der Waals surface area contributed by atoms with Gasteiger partial charge in [-0.1, -0.05) is 121 Å². The molecule has 0 bridgehead atoms. The number of benzene rings is 1. The number of hydrogen-bond donors (Lipinski definition) is 0. The zero-order valence-electron chi connectivity index (χ0n) is 26.6. The lowest BCUT2D eigenvalue weighted by Crippen LogP contribution is -2.41. The Labute approximate surface area is 244 Å². The van der Waals surface area contributed by atoms with Gasteiger partial charge in [0.1, 0.15) is 6.54 Å². The van der Waals surface area contributed by atoms with Crippen molar-refractivity contribution in [3.63, 3.8) is 0 Å². The summed E-state index contributed by atoms with van der Waals surface area (Å²) in [6, 6.07) is 8.36. The van der Waals surface area contributed by atoms with Crippen LogP contribution in [-0.4, -0.2) is 56.8 Å². The van der Waals surface area contributed by atoms with Gasteiger partial charge in [0.15, 0.2) is 0 Å². The molecule has 1 rings (SSSR count). The van der Waals surface area contributed by atoms with Crippen LogP contribution in [0.3, 0.4) is 0 Å². The third-order valence-corrected chi connectivity index (χ3v) is 8.67. The Morgan fingerprint density at radius 3 is 1.13 bits per heavy atom. The summed E-state index contributed by atoms with van der Waals surface area (Å²) in [4.78, 5) is 0. The van der Waals surface area contributed by atoms with Crippen molar-refractivity contribution >= 4 is 11.6 Å². The predicted molar refractivity (Wildman–Crippen MR) is 172 cm³/mol. The molecule has 0 aliphatic rings. The van der Waals surface area contributed by atoms with Crippen LogP contribution >= 0.6 is 11.6 Å². The minimum Gasteiger partial charge on any atom is -0.328 e. The molecule has 0 aromatic heterocycles. The first kappa shape index (κ1) is 35.5. The molecule has 0 amide bonds. The molecule has 38 heavy (non-hydrogen) atoms. The van der Waals surface area contributed by atoms with Crippen molar-refractivity contribution in [2.75, 3.05) is 47.8 Å². The SMILES string of the molecule is CCCCCCCCCCCCCC[N+](C)(C)CCCCCCCCCC[N+](C)(C)Cc1ccc(Cl)cc1. The molecule has 222 valence electrons. The Hall–Kier alpha value is -0.570. The topological polar surface area (TPSA) is 0 Å². The number of hydrogen-bond acceptors (Lipinski definition) is 0. The maximum Gasteiger partial charge on any atom is 0.104 e. The highest BCUT2D eigenvalue weighted by Gasteiger charge is 2.15. The van der Waals surface area contributed by atoms with Gasteiger partial charge in [-0.15, -0.1) is 0 Å². The minimum atomic E-state index is 0.830. The molecule has 0 aliphatic carbocycles. The van der Waals surface area contributed by atoms with Gasteiger partial charge in [-0.3, -0.25) is 0 Å². The highest BCUT2D eigenvalue weighted by atomic mass is 35.5. The molecule has 0 radical (unpaired) electrons. The van der Waals surface area contributed by atoms with Crippen LogP contribution in [0.2, 0.25) is 5.02 Å². The fourth-order valence-corrected chi connectivity index (χ4v) is 5.92. The lowest BCUT2D eigenvalue weighted by atomic mass is 10.0. The zero-order chi connectivity index (χ0) is 28.0. The van der Waals surface area contributed by atoms with Crippen LogP contribution in [-0.2, 0) is 6.54 Å². The van der Waals surface area contributed by atoms with E-state index in [1.165, 1.54) is 158 Å². The van der Waals surface area contributed by atoms with Crippen LogP contribution in [0.15, 0.2) is 24.3 Å². The van der Waals surface area contributed by atoms with Crippen LogP contribution in [0, 0.1) is 0 Å². The smallest absolute Gasteiger partial charge is 0.104 e. The second-order valence-electron chi connectivity index (χ2n) is 13.5. The van der Waals surface area contributed by atoms with Crippen LogP contribution in [0.5, 0.6) is 0 Å². The molecule has 2 nitrogen and oxygen atoms in total. The van der Waals surface area contributed by atoms with Gasteiger partial charge in [0.25, 0.3) is 0 Å². The first-order valence-electron chi connectivity index (χ1n) is 16.6. The maximum atomic E-state index is 6.02. The summed E-state index contributed by atoms with van der Waals surface area (Å²) in [7, 11) is 9.61. The standard InChI is InChI=1S/C35H67ClN2/c1-6-7-8-9-10-11-12-13-14-17-20-23-30-37(2,3)31-24-21-18-15-16-19-22-25-32-38(4,5)33-34-26-28-35(36)29-27-34/h26-29H,6-25,30-33H2,1-5H3/q+2. The van der Waals surface area contributed by atoms with E-state index in [0.29, 0.717) is 0 Å². The van der Waals surface area contributed by atoms with Crippen molar-refractivity contribution in [3.8, 4) is 0 Å². The molecule has 0 spiro atoms. The van der Waals surface area contributed by atoms with Gasteiger partial charge in [0, 0.05) is 10.6 Å². The van der Waals surface area contributed by atoms with Gasteiger partial charge in [0.2, 0.25) is 0 Å². The van der Waals surface area contributed by atoms with Crippen molar-refractivity contribution in [1.82, 2.24) is 0 Å². The van der Waals surface area contributed by atoms with E-state index in [1.807, 2.05) is 12.1 Å². The molecule has 0 N–H and O–H groups in total. The molecule has 0 heterocycles. The maximum absolute atomic E-state index is 6.02. The molecule has 0 saturated carbocycles. The summed E-state index contributed by atoms with van der Waals surface area (Å²) in [6.07, 6.45) is 28.6. The average Bonchev–Trinajstić information content (AvgIpc) is 2.87. The van der Waals surface area contributed by atoms with Gasteiger partial charge < -0.3 is 8.97 Å². The van der Waals surface area contributed by atoms with E-state index in [1.54, 1.807) is 0 Å². The zero-order valence-corrected chi connectivity index (χ0v) is 27.3. The Kier molecular flexibility index (Phi) is 20.7. The number of unbranched alkanes of at least 4 members (excludes halogenated alkanes) is 18. The Morgan fingerprint density at radius 1 is 0.447 bits per heavy atom. The van der Waals surface area contributed by atoms with Crippen molar-refractivity contribution in [2.45, 2.75) is 142 Å².